The molecule has 0 atom stereocenters. The molecule has 0 radical (unpaired) electrons. The summed E-state index contributed by atoms with van der Waals surface area (Å²) in [6.07, 6.45) is 0. The molecule has 0 aliphatic heterocycles. The van der Waals surface area contributed by atoms with Crippen molar-refractivity contribution in [2.24, 2.45) is 0 Å². The number of aromatic nitrogens is 1. The molecule has 0 spiro atoms. The zero-order valence-corrected chi connectivity index (χ0v) is 9.77. The number of thiazole rings is 1. The molecule has 1 aromatic heterocycles. The first kappa shape index (κ1) is 10.2. The lowest BCUT2D eigenvalue weighted by molar-refractivity contribution is 1.04. The van der Waals surface area contributed by atoms with Gasteiger partial charge in [0.05, 0.1) is 17.2 Å². The first-order valence-electron chi connectivity index (χ1n) is 4.97. The minimum atomic E-state index is 0.806. The third kappa shape index (κ3) is 2.57. The number of hydrogen-bond donors (Lipinski definition) is 1. The van der Waals surface area contributed by atoms with Gasteiger partial charge in [-0.1, -0.05) is 18.2 Å². The van der Waals surface area contributed by atoms with Crippen LogP contribution in [0.15, 0.2) is 30.3 Å². The monoisotopic (exact) mass is 218 g/mol. The smallest absolute Gasteiger partial charge is 0.0900 e. The molecule has 15 heavy (non-hydrogen) atoms. The van der Waals surface area contributed by atoms with Gasteiger partial charge in [0.1, 0.15) is 0 Å². The van der Waals surface area contributed by atoms with Crippen molar-refractivity contribution in [3.8, 4) is 0 Å². The number of benzene rings is 1. The Bertz CT molecular complexity index is 434. The molecule has 0 amide bonds. The van der Waals surface area contributed by atoms with Gasteiger partial charge < -0.3 is 5.32 Å². The van der Waals surface area contributed by atoms with Gasteiger partial charge in [0.15, 0.2) is 0 Å². The van der Waals surface area contributed by atoms with Crippen molar-refractivity contribution in [2.75, 3.05) is 5.32 Å². The van der Waals surface area contributed by atoms with Gasteiger partial charge in [-0.15, -0.1) is 11.3 Å². The molecule has 0 aliphatic carbocycles. The first-order chi connectivity index (χ1) is 7.25. The summed E-state index contributed by atoms with van der Waals surface area (Å²) in [7, 11) is 0. The van der Waals surface area contributed by atoms with E-state index in [1.807, 2.05) is 25.1 Å². The third-order valence-corrected chi connectivity index (χ3v) is 3.16. The summed E-state index contributed by atoms with van der Waals surface area (Å²) >= 11 is 1.75. The van der Waals surface area contributed by atoms with Gasteiger partial charge in [0.25, 0.3) is 0 Å². The minimum Gasteiger partial charge on any atom is -0.379 e. The van der Waals surface area contributed by atoms with Crippen molar-refractivity contribution in [3.63, 3.8) is 0 Å². The van der Waals surface area contributed by atoms with E-state index in [0.717, 1.165) is 22.9 Å². The zero-order valence-electron chi connectivity index (χ0n) is 8.95. The molecule has 3 heteroatoms. The Kier molecular flexibility index (Phi) is 3.02. The van der Waals surface area contributed by atoms with Gasteiger partial charge in [-0.3, -0.25) is 0 Å². The minimum absolute atomic E-state index is 0.806. The van der Waals surface area contributed by atoms with Crippen LogP contribution in [0.5, 0.6) is 0 Å². The molecule has 0 fully saturated rings. The molecule has 0 aliphatic rings. The van der Waals surface area contributed by atoms with Gasteiger partial charge in [0, 0.05) is 10.6 Å². The first-order valence-corrected chi connectivity index (χ1v) is 5.79. The van der Waals surface area contributed by atoms with Crippen LogP contribution < -0.4 is 5.32 Å². The van der Waals surface area contributed by atoms with Gasteiger partial charge in [-0.05, 0) is 26.0 Å². The number of aryl methyl sites for hydroxylation is 2. The molecule has 1 N–H and O–H groups in total. The maximum Gasteiger partial charge on any atom is 0.0900 e. The van der Waals surface area contributed by atoms with Crippen LogP contribution in [-0.4, -0.2) is 4.98 Å². The van der Waals surface area contributed by atoms with Crippen molar-refractivity contribution in [1.82, 2.24) is 4.98 Å². The van der Waals surface area contributed by atoms with E-state index in [9.17, 15) is 0 Å². The van der Waals surface area contributed by atoms with E-state index in [2.05, 4.69) is 29.4 Å². The number of nitrogens with zero attached hydrogens (tertiary/aromatic N) is 1. The summed E-state index contributed by atoms with van der Waals surface area (Å²) in [6, 6.07) is 10.2. The molecule has 0 saturated carbocycles. The zero-order chi connectivity index (χ0) is 10.7. The number of hydrogen-bond acceptors (Lipinski definition) is 3. The lowest BCUT2D eigenvalue weighted by Crippen LogP contribution is -2.00. The number of rotatable bonds is 3. The van der Waals surface area contributed by atoms with E-state index in [1.54, 1.807) is 11.3 Å². The van der Waals surface area contributed by atoms with Gasteiger partial charge in [-0.25, -0.2) is 4.98 Å². The van der Waals surface area contributed by atoms with Gasteiger partial charge in [0.2, 0.25) is 0 Å². The molecular weight excluding hydrogens is 204 g/mol. The quantitative estimate of drug-likeness (QED) is 0.854. The number of anilines is 1. The molecule has 1 heterocycles. The summed E-state index contributed by atoms with van der Waals surface area (Å²) in [5.74, 6) is 0. The van der Waals surface area contributed by atoms with E-state index in [0.29, 0.717) is 0 Å². The fourth-order valence-electron chi connectivity index (χ4n) is 1.48. The second-order valence-electron chi connectivity index (χ2n) is 3.46. The van der Waals surface area contributed by atoms with Crippen LogP contribution >= 0.6 is 11.3 Å². The standard InChI is InChI=1S/C12H14N2S/c1-9-12(14-10(2)15-9)8-13-11-6-4-3-5-7-11/h3-7,13H,8H2,1-2H3. The second-order valence-corrected chi connectivity index (χ2v) is 4.86. The molecule has 2 aromatic rings. The maximum absolute atomic E-state index is 4.48. The molecule has 0 bridgehead atoms. The van der Waals surface area contributed by atoms with Crippen LogP contribution in [-0.2, 0) is 6.54 Å². The van der Waals surface area contributed by atoms with Crippen LogP contribution in [0.3, 0.4) is 0 Å². The highest BCUT2D eigenvalue weighted by Crippen LogP contribution is 2.17. The lowest BCUT2D eigenvalue weighted by Gasteiger charge is -2.04. The molecule has 78 valence electrons. The summed E-state index contributed by atoms with van der Waals surface area (Å²) in [6.45, 7) is 4.97. The number of para-hydroxylation sites is 1. The van der Waals surface area contributed by atoms with E-state index >= 15 is 0 Å². The third-order valence-electron chi connectivity index (χ3n) is 2.23. The fourth-order valence-corrected chi connectivity index (χ4v) is 2.31. The largest absolute Gasteiger partial charge is 0.379 e. The van der Waals surface area contributed by atoms with Crippen molar-refractivity contribution >= 4 is 17.0 Å². The van der Waals surface area contributed by atoms with Crippen LogP contribution in [0.2, 0.25) is 0 Å². The Hall–Kier alpha value is -1.35. The van der Waals surface area contributed by atoms with E-state index < -0.39 is 0 Å². The summed E-state index contributed by atoms with van der Waals surface area (Å²) < 4.78 is 0. The van der Waals surface area contributed by atoms with Crippen molar-refractivity contribution < 1.29 is 0 Å². The molecular formula is C12H14N2S. The van der Waals surface area contributed by atoms with Crippen molar-refractivity contribution in [3.05, 3.63) is 45.9 Å². The predicted octanol–water partition coefficient (Wildman–Crippen LogP) is 3.37. The molecule has 1 aromatic carbocycles. The van der Waals surface area contributed by atoms with Crippen LogP contribution in [0.25, 0.3) is 0 Å². The van der Waals surface area contributed by atoms with Gasteiger partial charge in [-0.2, -0.15) is 0 Å². The normalized spacial score (nSPS) is 10.3. The average molecular weight is 218 g/mol. The second kappa shape index (κ2) is 4.45. The highest BCUT2D eigenvalue weighted by molar-refractivity contribution is 7.11. The van der Waals surface area contributed by atoms with E-state index in [4.69, 9.17) is 0 Å². The van der Waals surface area contributed by atoms with Crippen LogP contribution in [0, 0.1) is 13.8 Å². The SMILES string of the molecule is Cc1nc(CNc2ccccc2)c(C)s1. The summed E-state index contributed by atoms with van der Waals surface area (Å²) in [4.78, 5) is 5.78. The Balaban J connectivity index is 2.02. The van der Waals surface area contributed by atoms with Crippen molar-refractivity contribution in [1.29, 1.82) is 0 Å². The Morgan fingerprint density at radius 1 is 1.20 bits per heavy atom. The Morgan fingerprint density at radius 3 is 2.53 bits per heavy atom. The molecule has 2 nitrogen and oxygen atoms in total. The van der Waals surface area contributed by atoms with Crippen LogP contribution in [0.1, 0.15) is 15.6 Å². The molecule has 0 saturated heterocycles. The highest BCUT2D eigenvalue weighted by atomic mass is 32.1. The fraction of sp³-hybridized carbons (Fsp3) is 0.250. The topological polar surface area (TPSA) is 24.9 Å². The average Bonchev–Trinajstić information content (AvgIpc) is 2.56. The predicted molar refractivity (Wildman–Crippen MR) is 65.4 cm³/mol. The van der Waals surface area contributed by atoms with Crippen LogP contribution in [0.4, 0.5) is 5.69 Å². The summed E-state index contributed by atoms with van der Waals surface area (Å²) in [5, 5.41) is 4.50. The highest BCUT2D eigenvalue weighted by Gasteiger charge is 2.03. The Labute approximate surface area is 94.0 Å². The summed E-state index contributed by atoms with van der Waals surface area (Å²) in [5.41, 5.74) is 2.30. The maximum atomic E-state index is 4.48. The van der Waals surface area contributed by atoms with Crippen molar-refractivity contribution in [2.45, 2.75) is 20.4 Å². The van der Waals surface area contributed by atoms with E-state index in [-0.39, 0.29) is 0 Å². The molecule has 0 unspecified atom stereocenters. The molecule has 2 rings (SSSR count). The van der Waals surface area contributed by atoms with E-state index in [1.165, 1.54) is 4.88 Å². The number of nitrogens with one attached hydrogen (secondary N) is 1. The van der Waals surface area contributed by atoms with Gasteiger partial charge >= 0.3 is 0 Å². The lowest BCUT2D eigenvalue weighted by atomic mass is 10.3. The Morgan fingerprint density at radius 2 is 1.93 bits per heavy atom.